The second kappa shape index (κ2) is 9.09. The molecule has 1 aromatic heterocycles. The maximum atomic E-state index is 14.8. The molecule has 12 nitrogen and oxygen atoms in total. The van der Waals surface area contributed by atoms with Crippen LogP contribution in [0.1, 0.15) is 5.56 Å². The zero-order valence-corrected chi connectivity index (χ0v) is 16.3. The average Bonchev–Trinajstić information content (AvgIpc) is 2.65. The van der Waals surface area contributed by atoms with Gasteiger partial charge in [-0.15, -0.1) is 4.99 Å². The number of carbonyl (C=O) groups excluding carboxylic acids is 1. The number of aromatic nitrogens is 1. The van der Waals surface area contributed by atoms with E-state index in [0.717, 1.165) is 6.07 Å². The van der Waals surface area contributed by atoms with Crippen LogP contribution in [0.3, 0.4) is 0 Å². The van der Waals surface area contributed by atoms with E-state index in [9.17, 15) is 13.6 Å². The topological polar surface area (TPSA) is 189 Å². The number of aliphatic hydroxyl groups is 3. The Morgan fingerprint density at radius 2 is 1.97 bits per heavy atom. The number of carbonyl (C=O) groups is 1. The van der Waals surface area contributed by atoms with Gasteiger partial charge in [-0.25, -0.2) is 18.6 Å². The highest BCUT2D eigenvalue weighted by molar-refractivity contribution is 5.99. The average molecular weight is 452 g/mol. The number of pyridine rings is 1. The van der Waals surface area contributed by atoms with Gasteiger partial charge in [-0.1, -0.05) is 23.4 Å². The first-order valence-electron chi connectivity index (χ1n) is 8.89. The molecule has 1 fully saturated rings. The maximum absolute atomic E-state index is 14.8. The Kier molecular flexibility index (Phi) is 6.47. The number of aliphatic imine (C=N–C) groups is 1. The number of nitrogens with two attached hydrogens (primary N) is 2. The van der Waals surface area contributed by atoms with Gasteiger partial charge in [-0.05, 0) is 6.07 Å². The minimum absolute atomic E-state index is 0.0162. The summed E-state index contributed by atoms with van der Waals surface area (Å²) in [5, 5.41) is 29.1. The van der Waals surface area contributed by atoms with Crippen molar-refractivity contribution >= 4 is 23.6 Å². The molecular formula is C18H18F2N6O6. The van der Waals surface area contributed by atoms with E-state index in [1.807, 2.05) is 0 Å². The molecule has 0 unspecified atom stereocenters. The molecule has 1 aliphatic rings. The van der Waals surface area contributed by atoms with Crippen LogP contribution in [0.15, 0.2) is 40.6 Å². The summed E-state index contributed by atoms with van der Waals surface area (Å²) in [5.74, 6) is -2.02. The first-order valence-corrected chi connectivity index (χ1v) is 8.89. The lowest BCUT2D eigenvalue weighted by Gasteiger charge is -2.33. The Labute approximate surface area is 179 Å². The predicted molar refractivity (Wildman–Crippen MR) is 106 cm³/mol. The van der Waals surface area contributed by atoms with Gasteiger partial charge in [-0.3, -0.25) is 0 Å². The molecule has 0 spiro atoms. The molecule has 14 heteroatoms. The molecule has 7 N–H and O–H groups in total. The lowest BCUT2D eigenvalue weighted by Crippen LogP contribution is -2.49. The van der Waals surface area contributed by atoms with Crippen LogP contribution in [0.4, 0.5) is 19.4 Å². The molecule has 1 aliphatic heterocycles. The standard InChI is InChI=1S/C18H18F2N6O6/c19-13-4-10(5-23-15(13)26-6-11(7-26)25-32-18(28,29)30)12-3-1-2-9(14(12)20)8-31-17(27)24-16(21)22/h1-5,28-30H,6-8H2,(H4,21,22,24,27). The fraction of sp³-hybridized carbons (Fsp3) is 0.222. The third kappa shape index (κ3) is 5.63. The number of hydrogen-bond donors (Lipinski definition) is 5. The third-order valence-corrected chi connectivity index (χ3v) is 4.13. The molecule has 0 bridgehead atoms. The van der Waals surface area contributed by atoms with Crippen LogP contribution >= 0.6 is 0 Å². The number of halogens is 2. The van der Waals surface area contributed by atoms with Crippen LogP contribution < -0.4 is 16.4 Å². The Bertz CT molecular complexity index is 1080. The van der Waals surface area contributed by atoms with Gasteiger partial charge in [0.15, 0.2) is 17.6 Å². The number of hydrogen-bond acceptors (Lipinski definition) is 9. The van der Waals surface area contributed by atoms with Crippen molar-refractivity contribution in [2.24, 2.45) is 21.6 Å². The van der Waals surface area contributed by atoms with E-state index < -0.39 is 36.5 Å². The number of nitrogens with zero attached hydrogens (tertiary/aromatic N) is 4. The van der Waals surface area contributed by atoms with Gasteiger partial charge in [0.1, 0.15) is 12.4 Å². The molecule has 1 amide bonds. The Morgan fingerprint density at radius 3 is 2.59 bits per heavy atom. The van der Waals surface area contributed by atoms with E-state index in [-0.39, 0.29) is 35.6 Å². The molecule has 0 atom stereocenters. The SMILES string of the molecule is NC(N)=NC(=O)OCc1cccc(-c2cnc(N3CC(=NOC(O)(O)O)C3)c(F)c2)c1F. The molecule has 2 aromatic rings. The third-order valence-electron chi connectivity index (χ3n) is 4.13. The number of benzene rings is 1. The van der Waals surface area contributed by atoms with Crippen molar-refractivity contribution < 1.29 is 38.5 Å². The Morgan fingerprint density at radius 1 is 1.25 bits per heavy atom. The zero-order chi connectivity index (χ0) is 23.5. The molecule has 0 radical (unpaired) electrons. The number of guanidine groups is 1. The first-order chi connectivity index (χ1) is 15.0. The van der Waals surface area contributed by atoms with Crippen molar-refractivity contribution in [3.63, 3.8) is 0 Å². The van der Waals surface area contributed by atoms with E-state index >= 15 is 0 Å². The smallest absolute Gasteiger partial charge is 0.443 e. The molecule has 170 valence electrons. The van der Waals surface area contributed by atoms with Crippen molar-refractivity contribution in [3.8, 4) is 11.1 Å². The monoisotopic (exact) mass is 452 g/mol. The van der Waals surface area contributed by atoms with Crippen LogP contribution in [0, 0.1) is 11.6 Å². The van der Waals surface area contributed by atoms with Crippen LogP contribution in [-0.2, 0) is 16.2 Å². The Hall–Kier alpha value is -3.88. The predicted octanol–water partition coefficient (Wildman–Crippen LogP) is -0.282. The summed E-state index contributed by atoms with van der Waals surface area (Å²) in [6.07, 6.45) is -3.23. The number of anilines is 1. The van der Waals surface area contributed by atoms with E-state index in [4.69, 9.17) is 31.5 Å². The minimum atomic E-state index is -3.40. The fourth-order valence-corrected chi connectivity index (χ4v) is 2.73. The van der Waals surface area contributed by atoms with Crippen molar-refractivity contribution in [3.05, 3.63) is 47.7 Å². The summed E-state index contributed by atoms with van der Waals surface area (Å²) in [7, 11) is 0. The normalized spacial score (nSPS) is 13.3. The summed E-state index contributed by atoms with van der Waals surface area (Å²) in [4.78, 5) is 24.0. The van der Waals surface area contributed by atoms with E-state index in [0.29, 0.717) is 5.71 Å². The fourth-order valence-electron chi connectivity index (χ4n) is 2.73. The molecule has 2 heterocycles. The van der Waals surface area contributed by atoms with Crippen molar-refractivity contribution in [2.75, 3.05) is 18.0 Å². The van der Waals surface area contributed by atoms with Crippen LogP contribution in [-0.4, -0.2) is 57.3 Å². The maximum Gasteiger partial charge on any atom is 0.473 e. The van der Waals surface area contributed by atoms with Crippen molar-refractivity contribution in [1.82, 2.24) is 4.98 Å². The minimum Gasteiger partial charge on any atom is -0.443 e. The molecular weight excluding hydrogens is 434 g/mol. The highest BCUT2D eigenvalue weighted by atomic mass is 19.1. The van der Waals surface area contributed by atoms with Crippen molar-refractivity contribution in [1.29, 1.82) is 0 Å². The van der Waals surface area contributed by atoms with Gasteiger partial charge in [0.25, 0.3) is 0 Å². The molecule has 0 saturated carbocycles. The van der Waals surface area contributed by atoms with E-state index in [1.165, 1.54) is 29.3 Å². The van der Waals surface area contributed by atoms with Gasteiger partial charge in [-0.2, -0.15) is 0 Å². The van der Waals surface area contributed by atoms with Crippen molar-refractivity contribution in [2.45, 2.75) is 12.8 Å². The van der Waals surface area contributed by atoms with E-state index in [2.05, 4.69) is 20.0 Å². The van der Waals surface area contributed by atoms with E-state index in [1.54, 1.807) is 0 Å². The highest BCUT2D eigenvalue weighted by Gasteiger charge is 2.29. The number of amides is 1. The molecule has 1 aromatic carbocycles. The van der Waals surface area contributed by atoms with Crippen LogP contribution in [0.25, 0.3) is 11.1 Å². The first kappa shape index (κ1) is 22.8. The van der Waals surface area contributed by atoms with Gasteiger partial charge in [0, 0.05) is 22.9 Å². The van der Waals surface area contributed by atoms with Gasteiger partial charge < -0.3 is 41.3 Å². The van der Waals surface area contributed by atoms with Crippen LogP contribution in [0.2, 0.25) is 0 Å². The molecule has 0 aliphatic carbocycles. The summed E-state index contributed by atoms with van der Waals surface area (Å²) >= 11 is 0. The summed E-state index contributed by atoms with van der Waals surface area (Å²) in [6, 6.07) is 5.36. The Balaban J connectivity index is 1.71. The summed E-state index contributed by atoms with van der Waals surface area (Å²) < 4.78 is 34.2. The highest BCUT2D eigenvalue weighted by Crippen LogP contribution is 2.29. The second-order valence-electron chi connectivity index (χ2n) is 6.58. The van der Waals surface area contributed by atoms with Crippen LogP contribution in [0.5, 0.6) is 0 Å². The number of rotatable bonds is 6. The quantitative estimate of drug-likeness (QED) is 0.169. The molecule has 1 saturated heterocycles. The largest absolute Gasteiger partial charge is 0.473 e. The molecule has 32 heavy (non-hydrogen) atoms. The lowest BCUT2D eigenvalue weighted by molar-refractivity contribution is -0.455. The van der Waals surface area contributed by atoms with Gasteiger partial charge in [0.2, 0.25) is 0 Å². The second-order valence-corrected chi connectivity index (χ2v) is 6.58. The lowest BCUT2D eigenvalue weighted by atomic mass is 10.0. The number of ether oxygens (including phenoxy) is 1. The van der Waals surface area contributed by atoms with Gasteiger partial charge >= 0.3 is 12.3 Å². The zero-order valence-electron chi connectivity index (χ0n) is 16.3. The number of oxime groups is 1. The summed E-state index contributed by atoms with van der Waals surface area (Å²) in [6.45, 7) is -0.327. The summed E-state index contributed by atoms with van der Waals surface area (Å²) in [5.41, 5.74) is 10.6. The van der Waals surface area contributed by atoms with Gasteiger partial charge in [0.05, 0.1) is 18.8 Å². The molecule has 3 rings (SSSR count).